The molecular weight excluding hydrogens is 288 g/mol. The topological polar surface area (TPSA) is 55.1 Å². The predicted molar refractivity (Wildman–Crippen MR) is 94.7 cm³/mol. The molecule has 23 heavy (non-hydrogen) atoms. The molecule has 0 spiro atoms. The SMILES string of the molecule is CCCCCC(C)(CCC)C(C)NC(=O)c1noc(CC)c1C. The van der Waals surface area contributed by atoms with Crippen molar-refractivity contribution in [3.63, 3.8) is 0 Å². The predicted octanol–water partition coefficient (Wildman–Crippen LogP) is 5.05. The largest absolute Gasteiger partial charge is 0.360 e. The van der Waals surface area contributed by atoms with Crippen LogP contribution in [0.5, 0.6) is 0 Å². The molecule has 132 valence electrons. The van der Waals surface area contributed by atoms with E-state index >= 15 is 0 Å². The van der Waals surface area contributed by atoms with Gasteiger partial charge in [0, 0.05) is 18.0 Å². The fourth-order valence-corrected chi connectivity index (χ4v) is 3.26. The quantitative estimate of drug-likeness (QED) is 0.613. The molecule has 0 saturated heterocycles. The van der Waals surface area contributed by atoms with E-state index in [1.165, 1.54) is 19.3 Å². The summed E-state index contributed by atoms with van der Waals surface area (Å²) in [4.78, 5) is 12.6. The Kier molecular flexibility index (Phi) is 7.80. The first kappa shape index (κ1) is 19.7. The molecule has 0 radical (unpaired) electrons. The van der Waals surface area contributed by atoms with Gasteiger partial charge in [0.05, 0.1) is 0 Å². The van der Waals surface area contributed by atoms with Crippen LogP contribution in [0.1, 0.15) is 95.0 Å². The molecule has 0 aromatic carbocycles. The second kappa shape index (κ2) is 9.09. The Balaban J connectivity index is 2.78. The Morgan fingerprint density at radius 1 is 1.22 bits per heavy atom. The summed E-state index contributed by atoms with van der Waals surface area (Å²) in [5, 5.41) is 7.12. The van der Waals surface area contributed by atoms with E-state index < -0.39 is 0 Å². The molecule has 1 heterocycles. The van der Waals surface area contributed by atoms with Gasteiger partial charge in [-0.1, -0.05) is 58.5 Å². The molecule has 1 rings (SSSR count). The highest BCUT2D eigenvalue weighted by atomic mass is 16.5. The molecule has 4 heteroatoms. The highest BCUT2D eigenvalue weighted by Crippen LogP contribution is 2.34. The van der Waals surface area contributed by atoms with Crippen molar-refractivity contribution in [3.05, 3.63) is 17.0 Å². The second-order valence-electron chi connectivity index (χ2n) is 6.99. The third kappa shape index (κ3) is 5.08. The lowest BCUT2D eigenvalue weighted by Crippen LogP contribution is -2.44. The van der Waals surface area contributed by atoms with Gasteiger partial charge in [-0.3, -0.25) is 4.79 Å². The number of hydrogen-bond acceptors (Lipinski definition) is 3. The van der Waals surface area contributed by atoms with Gasteiger partial charge in [0.15, 0.2) is 5.69 Å². The smallest absolute Gasteiger partial charge is 0.273 e. The summed E-state index contributed by atoms with van der Waals surface area (Å²) in [6, 6.07) is 0.119. The summed E-state index contributed by atoms with van der Waals surface area (Å²) < 4.78 is 5.25. The van der Waals surface area contributed by atoms with Gasteiger partial charge in [0.25, 0.3) is 5.91 Å². The number of nitrogens with one attached hydrogen (secondary N) is 1. The minimum absolute atomic E-state index is 0.115. The van der Waals surface area contributed by atoms with Gasteiger partial charge in [-0.05, 0) is 32.1 Å². The highest BCUT2D eigenvalue weighted by Gasteiger charge is 2.32. The van der Waals surface area contributed by atoms with Crippen LogP contribution in [0.15, 0.2) is 4.52 Å². The fraction of sp³-hybridized carbons (Fsp3) is 0.789. The molecule has 0 aliphatic rings. The fourth-order valence-electron chi connectivity index (χ4n) is 3.26. The molecule has 2 unspecified atom stereocenters. The van der Waals surface area contributed by atoms with Crippen molar-refractivity contribution in [2.75, 3.05) is 0 Å². The van der Waals surface area contributed by atoms with Crippen molar-refractivity contribution in [2.45, 2.75) is 92.5 Å². The minimum Gasteiger partial charge on any atom is -0.360 e. The zero-order chi connectivity index (χ0) is 17.5. The number of hydrogen-bond donors (Lipinski definition) is 1. The first-order chi connectivity index (χ1) is 10.9. The Labute approximate surface area is 141 Å². The number of aromatic nitrogens is 1. The first-order valence-corrected chi connectivity index (χ1v) is 9.15. The van der Waals surface area contributed by atoms with E-state index in [9.17, 15) is 4.79 Å². The Hall–Kier alpha value is -1.32. The van der Waals surface area contributed by atoms with E-state index in [0.29, 0.717) is 5.69 Å². The van der Waals surface area contributed by atoms with Crippen LogP contribution in [0.2, 0.25) is 0 Å². The van der Waals surface area contributed by atoms with Crippen LogP contribution in [0.25, 0.3) is 0 Å². The van der Waals surface area contributed by atoms with Gasteiger partial charge in [0.2, 0.25) is 0 Å². The molecule has 1 aromatic heterocycles. The van der Waals surface area contributed by atoms with E-state index in [-0.39, 0.29) is 17.4 Å². The molecule has 4 nitrogen and oxygen atoms in total. The zero-order valence-electron chi connectivity index (χ0n) is 15.8. The number of carbonyl (C=O) groups is 1. The van der Waals surface area contributed by atoms with E-state index in [4.69, 9.17) is 4.52 Å². The maximum absolute atomic E-state index is 12.6. The lowest BCUT2D eigenvalue weighted by atomic mass is 9.75. The van der Waals surface area contributed by atoms with Crippen molar-refractivity contribution < 1.29 is 9.32 Å². The van der Waals surface area contributed by atoms with Gasteiger partial charge in [-0.25, -0.2) is 0 Å². The number of rotatable bonds is 10. The Morgan fingerprint density at radius 3 is 2.43 bits per heavy atom. The third-order valence-corrected chi connectivity index (χ3v) is 5.12. The van der Waals surface area contributed by atoms with Gasteiger partial charge in [0.1, 0.15) is 5.76 Å². The van der Waals surface area contributed by atoms with Gasteiger partial charge >= 0.3 is 0 Å². The summed E-state index contributed by atoms with van der Waals surface area (Å²) in [6.45, 7) is 12.8. The maximum atomic E-state index is 12.6. The van der Waals surface area contributed by atoms with Crippen LogP contribution in [0, 0.1) is 12.3 Å². The van der Waals surface area contributed by atoms with Crippen molar-refractivity contribution in [1.29, 1.82) is 0 Å². The summed E-state index contributed by atoms with van der Waals surface area (Å²) in [6.07, 6.45) is 7.85. The number of nitrogens with zero attached hydrogens (tertiary/aromatic N) is 1. The van der Waals surface area contributed by atoms with Crippen LogP contribution < -0.4 is 5.32 Å². The molecule has 1 N–H and O–H groups in total. The van der Waals surface area contributed by atoms with E-state index in [1.54, 1.807) is 0 Å². The number of carbonyl (C=O) groups excluding carboxylic acids is 1. The Morgan fingerprint density at radius 2 is 1.91 bits per heavy atom. The van der Waals surface area contributed by atoms with E-state index in [1.807, 2.05) is 13.8 Å². The van der Waals surface area contributed by atoms with Crippen molar-refractivity contribution >= 4 is 5.91 Å². The lowest BCUT2D eigenvalue weighted by molar-refractivity contribution is 0.0868. The molecule has 0 fully saturated rings. The third-order valence-electron chi connectivity index (χ3n) is 5.12. The summed E-state index contributed by atoms with van der Waals surface area (Å²) >= 11 is 0. The second-order valence-corrected chi connectivity index (χ2v) is 6.99. The average Bonchev–Trinajstić information content (AvgIpc) is 2.88. The molecule has 0 bridgehead atoms. The Bertz CT molecular complexity index is 496. The first-order valence-electron chi connectivity index (χ1n) is 9.15. The summed E-state index contributed by atoms with van der Waals surface area (Å²) in [5.74, 6) is 0.679. The number of unbranched alkanes of at least 4 members (excludes halogenated alkanes) is 2. The highest BCUT2D eigenvalue weighted by molar-refractivity contribution is 5.93. The molecule has 1 aromatic rings. The van der Waals surface area contributed by atoms with Gasteiger partial charge < -0.3 is 9.84 Å². The monoisotopic (exact) mass is 322 g/mol. The zero-order valence-corrected chi connectivity index (χ0v) is 15.8. The molecule has 2 atom stereocenters. The van der Waals surface area contributed by atoms with E-state index in [2.05, 4.69) is 38.2 Å². The van der Waals surface area contributed by atoms with Gasteiger partial charge in [-0.2, -0.15) is 0 Å². The number of amides is 1. The van der Waals surface area contributed by atoms with Crippen molar-refractivity contribution in [2.24, 2.45) is 5.41 Å². The van der Waals surface area contributed by atoms with Crippen LogP contribution in [0.3, 0.4) is 0 Å². The van der Waals surface area contributed by atoms with Crippen molar-refractivity contribution in [1.82, 2.24) is 10.5 Å². The molecule has 0 saturated carbocycles. The molecule has 1 amide bonds. The van der Waals surface area contributed by atoms with Gasteiger partial charge in [-0.15, -0.1) is 0 Å². The molecule has 0 aliphatic carbocycles. The minimum atomic E-state index is -0.115. The van der Waals surface area contributed by atoms with E-state index in [0.717, 1.165) is 37.0 Å². The molecular formula is C19H34N2O2. The normalized spacial score (nSPS) is 15.2. The van der Waals surface area contributed by atoms with Crippen LogP contribution >= 0.6 is 0 Å². The van der Waals surface area contributed by atoms with Crippen LogP contribution in [-0.2, 0) is 6.42 Å². The standard InChI is InChI=1S/C19H34N2O2/c1-7-10-11-13-19(6,12-8-2)15(5)20-18(22)17-14(4)16(9-3)23-21-17/h15H,7-13H2,1-6H3,(H,20,22). The molecule has 0 aliphatic heterocycles. The summed E-state index contributed by atoms with van der Waals surface area (Å²) in [7, 11) is 0. The van der Waals surface area contributed by atoms with Crippen LogP contribution in [0.4, 0.5) is 0 Å². The van der Waals surface area contributed by atoms with Crippen LogP contribution in [-0.4, -0.2) is 17.1 Å². The summed E-state index contributed by atoms with van der Waals surface area (Å²) in [5.41, 5.74) is 1.42. The average molecular weight is 322 g/mol. The van der Waals surface area contributed by atoms with Crippen molar-refractivity contribution in [3.8, 4) is 0 Å². The maximum Gasteiger partial charge on any atom is 0.273 e. The number of aryl methyl sites for hydroxylation is 1. The lowest BCUT2D eigenvalue weighted by Gasteiger charge is -2.36.